The summed E-state index contributed by atoms with van der Waals surface area (Å²) < 4.78 is 0. The average Bonchev–Trinajstić information content (AvgIpc) is 2.98. The molecule has 4 heteroatoms. The van der Waals surface area contributed by atoms with Crippen LogP contribution in [0.25, 0.3) is 0 Å². The molecule has 0 unspecified atom stereocenters. The van der Waals surface area contributed by atoms with E-state index in [4.69, 9.17) is 4.99 Å². The number of amidine groups is 1. The van der Waals surface area contributed by atoms with Crippen molar-refractivity contribution < 1.29 is 4.79 Å². The number of hydrogen-bond acceptors (Lipinski definition) is 2. The van der Waals surface area contributed by atoms with Crippen LogP contribution in [0.5, 0.6) is 0 Å². The molecule has 0 saturated carbocycles. The fraction of sp³-hybridized carbons (Fsp3) is 0.429. The number of unbranched alkanes of at least 4 members (excludes halogenated alkanes) is 9. The Bertz CT molecular complexity index is 1080. The lowest BCUT2D eigenvalue weighted by molar-refractivity contribution is -0.118. The maximum absolute atomic E-state index is 13.5. The van der Waals surface area contributed by atoms with Crippen molar-refractivity contribution in [1.29, 1.82) is 0 Å². The molecule has 0 aliphatic carbocycles. The zero-order valence-corrected chi connectivity index (χ0v) is 24.0. The standard InChI is InChI=1S/C35H47N3O/c1-3-4-5-6-7-8-9-10-11-21-28-34(39)38(33-26-19-14-20-27-33)29-30(2)35(36-31-22-15-12-16-23-31)37-32-24-17-13-18-25-32/h12-20,22-27,30H,3-11,21,28-29H2,1-2H3,(H,36,37)/t30-/m0/s1. The molecule has 0 aliphatic rings. The summed E-state index contributed by atoms with van der Waals surface area (Å²) in [7, 11) is 0. The van der Waals surface area contributed by atoms with Gasteiger partial charge in [-0.3, -0.25) is 4.79 Å². The van der Waals surface area contributed by atoms with E-state index >= 15 is 0 Å². The Morgan fingerprint density at radius 1 is 0.718 bits per heavy atom. The summed E-state index contributed by atoms with van der Waals surface area (Å²) in [6.07, 6.45) is 13.2. The fourth-order valence-corrected chi connectivity index (χ4v) is 4.79. The van der Waals surface area contributed by atoms with Crippen molar-refractivity contribution in [2.24, 2.45) is 10.9 Å². The Kier molecular flexibility index (Phi) is 13.9. The van der Waals surface area contributed by atoms with E-state index in [9.17, 15) is 4.79 Å². The maximum Gasteiger partial charge on any atom is 0.226 e. The van der Waals surface area contributed by atoms with Crippen molar-refractivity contribution in [2.45, 2.75) is 84.5 Å². The number of carbonyl (C=O) groups is 1. The highest BCUT2D eigenvalue weighted by Gasteiger charge is 2.21. The molecule has 0 spiro atoms. The van der Waals surface area contributed by atoms with E-state index in [2.05, 4.69) is 19.2 Å². The van der Waals surface area contributed by atoms with Crippen LogP contribution in [0.1, 0.15) is 84.5 Å². The molecule has 208 valence electrons. The zero-order chi connectivity index (χ0) is 27.5. The van der Waals surface area contributed by atoms with Crippen LogP contribution in [0, 0.1) is 5.92 Å². The van der Waals surface area contributed by atoms with Gasteiger partial charge in [0.15, 0.2) is 0 Å². The van der Waals surface area contributed by atoms with Crippen LogP contribution in [0.2, 0.25) is 0 Å². The SMILES string of the molecule is CCCCCCCCCCCCC(=O)N(C[C@H](C)C(=Nc1ccccc1)Nc1ccccc1)c1ccccc1. The molecule has 0 aromatic heterocycles. The predicted octanol–water partition coefficient (Wildman–Crippen LogP) is 9.81. The second kappa shape index (κ2) is 18.0. The number of carbonyl (C=O) groups excluding carboxylic acids is 1. The maximum atomic E-state index is 13.5. The van der Waals surface area contributed by atoms with Crippen LogP contribution < -0.4 is 10.2 Å². The van der Waals surface area contributed by atoms with E-state index in [-0.39, 0.29) is 11.8 Å². The van der Waals surface area contributed by atoms with Crippen LogP contribution in [0.15, 0.2) is 96.0 Å². The van der Waals surface area contributed by atoms with Gasteiger partial charge in [-0.2, -0.15) is 0 Å². The Labute approximate surface area is 236 Å². The summed E-state index contributed by atoms with van der Waals surface area (Å²) in [5.74, 6) is 1.04. The molecule has 39 heavy (non-hydrogen) atoms. The Morgan fingerprint density at radius 2 is 1.23 bits per heavy atom. The lowest BCUT2D eigenvalue weighted by Gasteiger charge is -2.27. The van der Waals surface area contributed by atoms with Crippen molar-refractivity contribution in [3.8, 4) is 0 Å². The first kappa shape index (κ1) is 30.1. The molecule has 0 fully saturated rings. The van der Waals surface area contributed by atoms with Crippen LogP contribution in [-0.4, -0.2) is 18.3 Å². The molecule has 3 aromatic carbocycles. The van der Waals surface area contributed by atoms with E-state index in [1.54, 1.807) is 0 Å². The van der Waals surface area contributed by atoms with Gasteiger partial charge in [-0.05, 0) is 42.8 Å². The highest BCUT2D eigenvalue weighted by atomic mass is 16.2. The average molecular weight is 526 g/mol. The minimum atomic E-state index is 0.00211. The number of nitrogens with zero attached hydrogens (tertiary/aromatic N) is 2. The molecule has 4 nitrogen and oxygen atoms in total. The molecule has 0 radical (unpaired) electrons. The van der Waals surface area contributed by atoms with Gasteiger partial charge in [-0.25, -0.2) is 4.99 Å². The molecule has 1 amide bonds. The van der Waals surface area contributed by atoms with Gasteiger partial charge >= 0.3 is 0 Å². The first-order valence-electron chi connectivity index (χ1n) is 15.0. The summed E-state index contributed by atoms with van der Waals surface area (Å²) in [5.41, 5.74) is 2.83. The summed E-state index contributed by atoms with van der Waals surface area (Å²) in [5, 5.41) is 3.52. The van der Waals surface area contributed by atoms with Crippen LogP contribution in [0.3, 0.4) is 0 Å². The number of benzene rings is 3. The zero-order valence-electron chi connectivity index (χ0n) is 24.0. The third kappa shape index (κ3) is 11.5. The van der Waals surface area contributed by atoms with Crippen LogP contribution >= 0.6 is 0 Å². The van der Waals surface area contributed by atoms with E-state index < -0.39 is 0 Å². The number of amides is 1. The van der Waals surface area contributed by atoms with Crippen molar-refractivity contribution in [3.63, 3.8) is 0 Å². The van der Waals surface area contributed by atoms with E-state index in [0.29, 0.717) is 13.0 Å². The van der Waals surface area contributed by atoms with Gasteiger partial charge < -0.3 is 10.2 Å². The monoisotopic (exact) mass is 525 g/mol. The fourth-order valence-electron chi connectivity index (χ4n) is 4.79. The predicted molar refractivity (Wildman–Crippen MR) is 168 cm³/mol. The van der Waals surface area contributed by atoms with E-state index in [1.165, 1.54) is 51.4 Å². The van der Waals surface area contributed by atoms with Gasteiger partial charge in [0.05, 0.1) is 5.69 Å². The number of para-hydroxylation sites is 3. The smallest absolute Gasteiger partial charge is 0.226 e. The molecule has 3 aromatic rings. The molecule has 0 heterocycles. The molecular formula is C35H47N3O. The van der Waals surface area contributed by atoms with Gasteiger partial charge in [-0.1, -0.05) is 126 Å². The topological polar surface area (TPSA) is 44.7 Å². The van der Waals surface area contributed by atoms with Gasteiger partial charge in [0, 0.05) is 30.3 Å². The highest BCUT2D eigenvalue weighted by molar-refractivity contribution is 6.00. The van der Waals surface area contributed by atoms with Crippen molar-refractivity contribution in [2.75, 3.05) is 16.8 Å². The lowest BCUT2D eigenvalue weighted by atomic mass is 10.0. The molecule has 0 aliphatic heterocycles. The highest BCUT2D eigenvalue weighted by Crippen LogP contribution is 2.21. The van der Waals surface area contributed by atoms with Gasteiger partial charge in [0.25, 0.3) is 0 Å². The third-order valence-electron chi connectivity index (χ3n) is 7.09. The van der Waals surface area contributed by atoms with E-state index in [0.717, 1.165) is 35.7 Å². The van der Waals surface area contributed by atoms with Gasteiger partial charge in [0.2, 0.25) is 5.91 Å². The van der Waals surface area contributed by atoms with Crippen molar-refractivity contribution in [1.82, 2.24) is 0 Å². The number of aliphatic imine (C=N–C) groups is 1. The van der Waals surface area contributed by atoms with Crippen molar-refractivity contribution in [3.05, 3.63) is 91.0 Å². The van der Waals surface area contributed by atoms with Gasteiger partial charge in [-0.15, -0.1) is 0 Å². The largest absolute Gasteiger partial charge is 0.343 e. The Morgan fingerprint density at radius 3 is 1.82 bits per heavy atom. The van der Waals surface area contributed by atoms with Crippen LogP contribution in [0.4, 0.5) is 17.1 Å². The minimum absolute atomic E-state index is 0.00211. The van der Waals surface area contributed by atoms with Crippen LogP contribution in [-0.2, 0) is 4.79 Å². The Hall–Kier alpha value is -3.40. The van der Waals surface area contributed by atoms with Gasteiger partial charge in [0.1, 0.15) is 5.84 Å². The van der Waals surface area contributed by atoms with Crippen molar-refractivity contribution >= 4 is 28.8 Å². The minimum Gasteiger partial charge on any atom is -0.343 e. The summed E-state index contributed by atoms with van der Waals surface area (Å²) in [6.45, 7) is 4.97. The first-order valence-corrected chi connectivity index (χ1v) is 15.0. The molecule has 0 bridgehead atoms. The second-order valence-corrected chi connectivity index (χ2v) is 10.5. The Balaban J connectivity index is 1.61. The second-order valence-electron chi connectivity index (χ2n) is 10.5. The molecule has 1 atom stereocenters. The quantitative estimate of drug-likeness (QED) is 0.108. The number of nitrogens with one attached hydrogen (secondary N) is 1. The summed E-state index contributed by atoms with van der Waals surface area (Å²) >= 11 is 0. The molecule has 1 N–H and O–H groups in total. The molecule has 3 rings (SSSR count). The first-order chi connectivity index (χ1) is 19.2. The number of rotatable bonds is 17. The van der Waals surface area contributed by atoms with E-state index in [1.807, 2.05) is 95.9 Å². The summed E-state index contributed by atoms with van der Waals surface area (Å²) in [6, 6.07) is 30.2. The summed E-state index contributed by atoms with van der Waals surface area (Å²) in [4.78, 5) is 20.4. The lowest BCUT2D eigenvalue weighted by Crippen LogP contribution is -2.38. The molecular weight excluding hydrogens is 478 g/mol. The number of anilines is 2. The normalized spacial score (nSPS) is 12.2. The number of hydrogen-bond donors (Lipinski definition) is 1. The molecule has 0 saturated heterocycles. The third-order valence-corrected chi connectivity index (χ3v) is 7.09.